The first-order chi connectivity index (χ1) is 7.20. The summed E-state index contributed by atoms with van der Waals surface area (Å²) in [5.74, 6) is 0. The summed E-state index contributed by atoms with van der Waals surface area (Å²) in [7, 11) is 1.77. The Balaban J connectivity index is 2.00. The van der Waals surface area contributed by atoms with Crippen LogP contribution in [0.15, 0.2) is 27.1 Å². The summed E-state index contributed by atoms with van der Waals surface area (Å²) in [6.07, 6.45) is 2.61. The van der Waals surface area contributed by atoms with Gasteiger partial charge in [-0.15, -0.1) is 0 Å². The zero-order chi connectivity index (χ0) is 10.8. The molecule has 1 aliphatic carbocycles. The molecule has 0 aromatic heterocycles. The monoisotopic (exact) mass is 333 g/mol. The van der Waals surface area contributed by atoms with Gasteiger partial charge in [0.1, 0.15) is 0 Å². The summed E-state index contributed by atoms with van der Waals surface area (Å²) < 4.78 is 7.44. The standard InChI is InChI=1S/C11H13Br2NO/c1-15-8-5-7(6-8)14-11-9(12)3-2-4-10(11)13/h2-4,7-8,14H,5-6H2,1H3. The van der Waals surface area contributed by atoms with Gasteiger partial charge in [0, 0.05) is 22.1 Å². The number of hydrogen-bond acceptors (Lipinski definition) is 2. The van der Waals surface area contributed by atoms with Crippen LogP contribution in [0.25, 0.3) is 0 Å². The van der Waals surface area contributed by atoms with Crippen LogP contribution in [0.3, 0.4) is 0 Å². The Morgan fingerprint density at radius 2 is 1.87 bits per heavy atom. The normalized spacial score (nSPS) is 24.7. The van der Waals surface area contributed by atoms with E-state index in [0.717, 1.165) is 27.5 Å². The summed E-state index contributed by atoms with van der Waals surface area (Å²) >= 11 is 7.07. The Hall–Kier alpha value is -0.0600. The molecule has 0 saturated heterocycles. The van der Waals surface area contributed by atoms with Gasteiger partial charge in [-0.2, -0.15) is 0 Å². The van der Waals surface area contributed by atoms with Crippen molar-refractivity contribution in [3.05, 3.63) is 27.1 Å². The minimum Gasteiger partial charge on any atom is -0.381 e. The molecule has 0 heterocycles. The van der Waals surface area contributed by atoms with Crippen LogP contribution in [-0.4, -0.2) is 19.3 Å². The van der Waals surface area contributed by atoms with Gasteiger partial charge >= 0.3 is 0 Å². The van der Waals surface area contributed by atoms with E-state index in [-0.39, 0.29) is 0 Å². The fraction of sp³-hybridized carbons (Fsp3) is 0.455. The number of halogens is 2. The highest BCUT2D eigenvalue weighted by molar-refractivity contribution is 9.11. The summed E-state index contributed by atoms with van der Waals surface area (Å²) in [5.41, 5.74) is 1.14. The Kier molecular flexibility index (Phi) is 3.69. The predicted molar refractivity (Wildman–Crippen MR) is 69.3 cm³/mol. The molecule has 1 N–H and O–H groups in total. The van der Waals surface area contributed by atoms with Crippen LogP contribution in [0.4, 0.5) is 5.69 Å². The molecular formula is C11H13Br2NO. The lowest BCUT2D eigenvalue weighted by atomic mass is 9.89. The van der Waals surface area contributed by atoms with E-state index in [1.165, 1.54) is 0 Å². The second-order valence-electron chi connectivity index (χ2n) is 3.77. The van der Waals surface area contributed by atoms with Crippen LogP contribution >= 0.6 is 31.9 Å². The molecule has 2 rings (SSSR count). The van der Waals surface area contributed by atoms with Gasteiger partial charge in [-0.3, -0.25) is 0 Å². The zero-order valence-corrected chi connectivity index (χ0v) is 11.6. The SMILES string of the molecule is COC1CC(Nc2c(Br)cccc2Br)C1. The van der Waals surface area contributed by atoms with Gasteiger partial charge < -0.3 is 10.1 Å². The molecule has 2 nitrogen and oxygen atoms in total. The number of ether oxygens (including phenoxy) is 1. The molecule has 0 amide bonds. The van der Waals surface area contributed by atoms with Gasteiger partial charge in [0.25, 0.3) is 0 Å². The lowest BCUT2D eigenvalue weighted by Gasteiger charge is -2.35. The van der Waals surface area contributed by atoms with Crippen LogP contribution in [0.5, 0.6) is 0 Å². The van der Waals surface area contributed by atoms with Crippen molar-refractivity contribution in [3.8, 4) is 0 Å². The van der Waals surface area contributed by atoms with E-state index >= 15 is 0 Å². The topological polar surface area (TPSA) is 21.3 Å². The third kappa shape index (κ3) is 2.55. The van der Waals surface area contributed by atoms with Crippen molar-refractivity contribution in [2.24, 2.45) is 0 Å². The number of methoxy groups -OCH3 is 1. The van der Waals surface area contributed by atoms with E-state index < -0.39 is 0 Å². The average molecular weight is 335 g/mol. The molecule has 4 heteroatoms. The first-order valence-corrected chi connectivity index (χ1v) is 6.52. The lowest BCUT2D eigenvalue weighted by molar-refractivity contribution is 0.0328. The van der Waals surface area contributed by atoms with Crippen molar-refractivity contribution in [2.75, 3.05) is 12.4 Å². The molecule has 0 unspecified atom stereocenters. The van der Waals surface area contributed by atoms with E-state index in [1.54, 1.807) is 7.11 Å². The number of benzene rings is 1. The lowest BCUT2D eigenvalue weighted by Crippen LogP contribution is -2.40. The second kappa shape index (κ2) is 4.85. The van der Waals surface area contributed by atoms with Gasteiger partial charge in [-0.25, -0.2) is 0 Å². The summed E-state index contributed by atoms with van der Waals surface area (Å²) in [4.78, 5) is 0. The van der Waals surface area contributed by atoms with Crippen molar-refractivity contribution in [2.45, 2.75) is 25.0 Å². The maximum atomic E-state index is 5.25. The van der Waals surface area contributed by atoms with Crippen molar-refractivity contribution in [1.29, 1.82) is 0 Å². The third-order valence-electron chi connectivity index (χ3n) is 2.74. The zero-order valence-electron chi connectivity index (χ0n) is 8.47. The first-order valence-electron chi connectivity index (χ1n) is 4.94. The molecule has 0 atom stereocenters. The van der Waals surface area contributed by atoms with E-state index in [2.05, 4.69) is 37.2 Å². The predicted octanol–water partition coefficient (Wildman–Crippen LogP) is 3.80. The molecule has 0 radical (unpaired) electrons. The van der Waals surface area contributed by atoms with E-state index in [1.807, 2.05) is 18.2 Å². The summed E-state index contributed by atoms with van der Waals surface area (Å²) in [6, 6.07) is 6.63. The van der Waals surface area contributed by atoms with Gasteiger partial charge in [-0.1, -0.05) is 6.07 Å². The van der Waals surface area contributed by atoms with Gasteiger partial charge in [0.05, 0.1) is 11.8 Å². The minimum absolute atomic E-state index is 0.434. The Bertz CT molecular complexity index is 330. The molecule has 0 bridgehead atoms. The van der Waals surface area contributed by atoms with E-state index in [0.29, 0.717) is 12.1 Å². The highest BCUT2D eigenvalue weighted by atomic mass is 79.9. The van der Waals surface area contributed by atoms with Crippen LogP contribution in [-0.2, 0) is 4.74 Å². The number of hydrogen-bond donors (Lipinski definition) is 1. The molecule has 1 aliphatic rings. The molecule has 1 saturated carbocycles. The van der Waals surface area contributed by atoms with Crippen molar-refractivity contribution in [3.63, 3.8) is 0 Å². The Morgan fingerprint density at radius 3 is 2.40 bits per heavy atom. The number of nitrogens with one attached hydrogen (secondary N) is 1. The van der Waals surface area contributed by atoms with Crippen LogP contribution in [0.1, 0.15) is 12.8 Å². The second-order valence-corrected chi connectivity index (χ2v) is 5.48. The Labute approximate surface area is 107 Å². The molecule has 0 spiro atoms. The molecule has 1 aromatic rings. The van der Waals surface area contributed by atoms with Crippen LogP contribution in [0.2, 0.25) is 0 Å². The van der Waals surface area contributed by atoms with Gasteiger partial charge in [0.2, 0.25) is 0 Å². The minimum atomic E-state index is 0.434. The highest BCUT2D eigenvalue weighted by Gasteiger charge is 2.29. The number of para-hydroxylation sites is 1. The van der Waals surface area contributed by atoms with Gasteiger partial charge in [0.15, 0.2) is 0 Å². The van der Waals surface area contributed by atoms with E-state index in [9.17, 15) is 0 Å². The molecule has 15 heavy (non-hydrogen) atoms. The summed E-state index contributed by atoms with van der Waals surface area (Å²) in [6.45, 7) is 0. The molecule has 82 valence electrons. The number of rotatable bonds is 3. The fourth-order valence-electron chi connectivity index (χ4n) is 1.72. The largest absolute Gasteiger partial charge is 0.381 e. The maximum Gasteiger partial charge on any atom is 0.0631 e. The van der Waals surface area contributed by atoms with Gasteiger partial charge in [-0.05, 0) is 56.8 Å². The fourth-order valence-corrected chi connectivity index (χ4v) is 2.94. The van der Waals surface area contributed by atoms with Crippen LogP contribution in [0, 0.1) is 0 Å². The van der Waals surface area contributed by atoms with E-state index in [4.69, 9.17) is 4.74 Å². The van der Waals surface area contributed by atoms with Crippen molar-refractivity contribution in [1.82, 2.24) is 0 Å². The van der Waals surface area contributed by atoms with Crippen molar-refractivity contribution >= 4 is 37.5 Å². The van der Waals surface area contributed by atoms with Crippen LogP contribution < -0.4 is 5.32 Å². The highest BCUT2D eigenvalue weighted by Crippen LogP contribution is 2.34. The average Bonchev–Trinajstić information content (AvgIpc) is 2.14. The summed E-state index contributed by atoms with van der Waals surface area (Å²) in [5, 5.41) is 3.51. The molecule has 0 aliphatic heterocycles. The molecular weight excluding hydrogens is 322 g/mol. The molecule has 1 fully saturated rings. The smallest absolute Gasteiger partial charge is 0.0631 e. The quantitative estimate of drug-likeness (QED) is 0.907. The first kappa shape index (κ1) is 11.4. The van der Waals surface area contributed by atoms with Crippen molar-refractivity contribution < 1.29 is 4.74 Å². The number of anilines is 1. The third-order valence-corrected chi connectivity index (χ3v) is 4.06. The molecule has 1 aromatic carbocycles. The Morgan fingerprint density at radius 1 is 1.27 bits per heavy atom. The maximum absolute atomic E-state index is 5.25.